The van der Waals surface area contributed by atoms with Crippen LogP contribution in [-0.2, 0) is 16.0 Å². The van der Waals surface area contributed by atoms with E-state index in [1.165, 1.54) is 5.56 Å². The van der Waals surface area contributed by atoms with Crippen molar-refractivity contribution < 1.29 is 9.59 Å². The molecule has 4 unspecified atom stereocenters. The van der Waals surface area contributed by atoms with Crippen LogP contribution in [0.3, 0.4) is 0 Å². The molecule has 1 aromatic carbocycles. The Kier molecular flexibility index (Phi) is 2.99. The smallest absolute Gasteiger partial charge is 0.254 e. The molecule has 1 heterocycles. The monoisotopic (exact) mass is 294 g/mol. The summed E-state index contributed by atoms with van der Waals surface area (Å²) in [6.45, 7) is 2.10. The van der Waals surface area contributed by atoms with Crippen LogP contribution in [0.1, 0.15) is 24.5 Å². The molecule has 112 valence electrons. The molecule has 0 spiro atoms. The molecule has 4 atom stereocenters. The largest absolute Gasteiger partial charge is 0.272 e. The van der Waals surface area contributed by atoms with Crippen molar-refractivity contribution >= 4 is 18.0 Å². The number of rotatable bonds is 3. The molecule has 0 aromatic heterocycles. The normalized spacial score (nSPS) is 32.5. The maximum absolute atomic E-state index is 12.5. The Labute approximate surface area is 129 Å². The molecule has 1 aromatic rings. The Hall–Kier alpha value is -2.23. The number of nitrogens with zero attached hydrogens (tertiary/aromatic N) is 2. The highest BCUT2D eigenvalue weighted by atomic mass is 16.2. The van der Waals surface area contributed by atoms with Crippen LogP contribution in [-0.4, -0.2) is 23.0 Å². The third-order valence-electron chi connectivity index (χ3n) is 5.16. The first-order valence-corrected chi connectivity index (χ1v) is 7.88. The van der Waals surface area contributed by atoms with Gasteiger partial charge in [0.25, 0.3) is 11.8 Å². The summed E-state index contributed by atoms with van der Waals surface area (Å²) in [4.78, 5) is 24.9. The Morgan fingerprint density at radius 2 is 1.68 bits per heavy atom. The maximum Gasteiger partial charge on any atom is 0.254 e. The van der Waals surface area contributed by atoms with E-state index in [-0.39, 0.29) is 35.5 Å². The highest BCUT2D eigenvalue weighted by molar-refractivity contribution is 6.06. The topological polar surface area (TPSA) is 49.7 Å². The fourth-order valence-corrected chi connectivity index (χ4v) is 3.96. The highest BCUT2D eigenvalue weighted by Gasteiger charge is 2.59. The average molecular weight is 294 g/mol. The standard InChI is InChI=1S/C18H18N2O2/c1-2-11-3-5-12(6-4-11)10-19-20-17(21)15-13-7-8-14(9-13)16(15)18(20)22/h3-8,10,13-16H,2,9H2,1H3. The molecule has 0 radical (unpaired) electrons. The van der Waals surface area contributed by atoms with Crippen molar-refractivity contribution in [3.63, 3.8) is 0 Å². The van der Waals surface area contributed by atoms with E-state index in [1.807, 2.05) is 24.3 Å². The van der Waals surface area contributed by atoms with E-state index >= 15 is 0 Å². The molecular formula is C18H18N2O2. The number of hydrazone groups is 1. The number of hydrogen-bond acceptors (Lipinski definition) is 3. The van der Waals surface area contributed by atoms with E-state index in [4.69, 9.17) is 0 Å². The Bertz CT molecular complexity index is 660. The number of carbonyl (C=O) groups is 2. The molecule has 1 saturated heterocycles. The number of allylic oxidation sites excluding steroid dienone is 2. The predicted octanol–water partition coefficient (Wildman–Crippen LogP) is 2.39. The highest BCUT2D eigenvalue weighted by Crippen LogP contribution is 2.52. The second-order valence-corrected chi connectivity index (χ2v) is 6.33. The average Bonchev–Trinajstić information content (AvgIpc) is 3.21. The zero-order valence-corrected chi connectivity index (χ0v) is 12.5. The van der Waals surface area contributed by atoms with Gasteiger partial charge in [-0.05, 0) is 35.8 Å². The summed E-state index contributed by atoms with van der Waals surface area (Å²) in [6, 6.07) is 7.99. The molecular weight excluding hydrogens is 276 g/mol. The lowest BCUT2D eigenvalue weighted by Crippen LogP contribution is -2.28. The van der Waals surface area contributed by atoms with E-state index in [9.17, 15) is 9.59 Å². The van der Waals surface area contributed by atoms with Crippen LogP contribution in [0.15, 0.2) is 41.5 Å². The van der Waals surface area contributed by atoms with Crippen molar-refractivity contribution in [2.24, 2.45) is 28.8 Å². The number of amides is 2. The summed E-state index contributed by atoms with van der Waals surface area (Å²) in [6.07, 6.45) is 7.72. The van der Waals surface area contributed by atoms with Crippen LogP contribution in [0, 0.1) is 23.7 Å². The minimum Gasteiger partial charge on any atom is -0.272 e. The molecule has 1 saturated carbocycles. The second kappa shape index (κ2) is 4.90. The zero-order chi connectivity index (χ0) is 15.3. The van der Waals surface area contributed by atoms with Gasteiger partial charge in [-0.3, -0.25) is 9.59 Å². The fraction of sp³-hybridized carbons (Fsp3) is 0.389. The first kappa shape index (κ1) is 13.4. The molecule has 1 aliphatic heterocycles. The number of carbonyl (C=O) groups excluding carboxylic acids is 2. The number of fused-ring (bicyclic) bond motifs is 5. The lowest BCUT2D eigenvalue weighted by molar-refractivity contribution is -0.140. The van der Waals surface area contributed by atoms with Gasteiger partial charge in [0.05, 0.1) is 18.1 Å². The molecule has 4 heteroatoms. The summed E-state index contributed by atoms with van der Waals surface area (Å²) in [7, 11) is 0. The lowest BCUT2D eigenvalue weighted by atomic mass is 9.85. The number of aryl methyl sites for hydroxylation is 1. The van der Waals surface area contributed by atoms with E-state index < -0.39 is 0 Å². The van der Waals surface area contributed by atoms with Crippen LogP contribution in [0.25, 0.3) is 0 Å². The molecule has 3 aliphatic rings. The number of benzene rings is 1. The van der Waals surface area contributed by atoms with Crippen LogP contribution in [0.5, 0.6) is 0 Å². The molecule has 2 fully saturated rings. The van der Waals surface area contributed by atoms with Crippen LogP contribution >= 0.6 is 0 Å². The third kappa shape index (κ3) is 1.86. The van der Waals surface area contributed by atoms with Gasteiger partial charge in [0.2, 0.25) is 0 Å². The predicted molar refractivity (Wildman–Crippen MR) is 83.0 cm³/mol. The Balaban J connectivity index is 1.55. The summed E-state index contributed by atoms with van der Waals surface area (Å²) in [5.74, 6) is -0.156. The van der Waals surface area contributed by atoms with Crippen LogP contribution in [0.2, 0.25) is 0 Å². The summed E-state index contributed by atoms with van der Waals surface area (Å²) < 4.78 is 0. The van der Waals surface area contributed by atoms with Crippen molar-refractivity contribution in [1.82, 2.24) is 5.01 Å². The van der Waals surface area contributed by atoms with Crippen molar-refractivity contribution in [2.45, 2.75) is 19.8 Å². The van der Waals surface area contributed by atoms with Gasteiger partial charge < -0.3 is 0 Å². The van der Waals surface area contributed by atoms with Gasteiger partial charge in [-0.1, -0.05) is 43.3 Å². The Morgan fingerprint density at radius 3 is 2.23 bits per heavy atom. The van der Waals surface area contributed by atoms with Crippen molar-refractivity contribution in [3.8, 4) is 0 Å². The van der Waals surface area contributed by atoms with Gasteiger partial charge in [-0.25, -0.2) is 0 Å². The van der Waals surface area contributed by atoms with Gasteiger partial charge in [0.1, 0.15) is 0 Å². The van der Waals surface area contributed by atoms with Crippen LogP contribution in [0.4, 0.5) is 0 Å². The molecule has 0 N–H and O–H groups in total. The first-order valence-electron chi connectivity index (χ1n) is 7.88. The molecule has 2 bridgehead atoms. The van der Waals surface area contributed by atoms with Crippen molar-refractivity contribution in [1.29, 1.82) is 0 Å². The Morgan fingerprint density at radius 1 is 1.09 bits per heavy atom. The van der Waals surface area contributed by atoms with Crippen molar-refractivity contribution in [2.75, 3.05) is 0 Å². The SMILES string of the molecule is CCc1ccc(C=NN2C(=O)C3C4C=CC(C4)C3C2=O)cc1. The van der Waals surface area contributed by atoms with Crippen molar-refractivity contribution in [3.05, 3.63) is 47.5 Å². The fourth-order valence-electron chi connectivity index (χ4n) is 3.96. The number of imide groups is 1. The summed E-state index contributed by atoms with van der Waals surface area (Å²) in [5, 5.41) is 5.26. The van der Waals surface area contributed by atoms with Gasteiger partial charge in [0, 0.05) is 0 Å². The second-order valence-electron chi connectivity index (χ2n) is 6.33. The van der Waals surface area contributed by atoms with E-state index in [0.717, 1.165) is 23.4 Å². The summed E-state index contributed by atoms with van der Waals surface area (Å²) in [5.41, 5.74) is 2.15. The van der Waals surface area contributed by atoms with Crippen LogP contribution < -0.4 is 0 Å². The lowest BCUT2D eigenvalue weighted by Gasteiger charge is -2.13. The minimum absolute atomic E-state index is 0.131. The number of hydrogen-bond donors (Lipinski definition) is 0. The van der Waals surface area contributed by atoms with Gasteiger partial charge in [-0.15, -0.1) is 0 Å². The third-order valence-corrected chi connectivity index (χ3v) is 5.16. The molecule has 2 aliphatic carbocycles. The molecule has 2 amide bonds. The zero-order valence-electron chi connectivity index (χ0n) is 12.5. The van der Waals surface area contributed by atoms with Gasteiger partial charge in [-0.2, -0.15) is 10.1 Å². The van der Waals surface area contributed by atoms with E-state index in [2.05, 4.69) is 24.2 Å². The molecule has 4 nitrogen and oxygen atoms in total. The first-order chi connectivity index (χ1) is 10.7. The molecule has 4 rings (SSSR count). The van der Waals surface area contributed by atoms with E-state index in [1.54, 1.807) is 6.21 Å². The van der Waals surface area contributed by atoms with E-state index in [0.29, 0.717) is 0 Å². The molecule has 22 heavy (non-hydrogen) atoms. The van der Waals surface area contributed by atoms with Gasteiger partial charge >= 0.3 is 0 Å². The summed E-state index contributed by atoms with van der Waals surface area (Å²) >= 11 is 0. The van der Waals surface area contributed by atoms with Gasteiger partial charge in [0.15, 0.2) is 0 Å². The quantitative estimate of drug-likeness (QED) is 0.488. The minimum atomic E-state index is -0.179. The maximum atomic E-state index is 12.5.